The molecular weight excluding hydrogens is 372 g/mol. The number of methoxy groups -OCH3 is 1. The molecule has 0 heterocycles. The first-order chi connectivity index (χ1) is 13.5. The first kappa shape index (κ1) is 24.0. The molecule has 0 unspecified atom stereocenters. The summed E-state index contributed by atoms with van der Waals surface area (Å²) in [6, 6.07) is 10.1. The molecule has 1 N–H and O–H groups in total. The summed E-state index contributed by atoms with van der Waals surface area (Å²) in [6.45, 7) is 11.5. The molecule has 0 aliphatic carbocycles. The van der Waals surface area contributed by atoms with Crippen LogP contribution < -0.4 is 9.47 Å². The number of carboxylic acids is 1. The van der Waals surface area contributed by atoms with Gasteiger partial charge in [-0.2, -0.15) is 0 Å². The van der Waals surface area contributed by atoms with Crippen LogP contribution in [-0.2, 0) is 4.74 Å². The lowest BCUT2D eigenvalue weighted by atomic mass is 10.1. The number of esters is 1. The number of aromatic carboxylic acids is 1. The van der Waals surface area contributed by atoms with E-state index in [-0.39, 0.29) is 18.2 Å². The van der Waals surface area contributed by atoms with Gasteiger partial charge in [-0.25, -0.2) is 9.59 Å². The van der Waals surface area contributed by atoms with Crippen molar-refractivity contribution in [3.05, 3.63) is 58.7 Å². The summed E-state index contributed by atoms with van der Waals surface area (Å²) < 4.78 is 15.7. The fourth-order valence-electron chi connectivity index (χ4n) is 2.45. The fourth-order valence-corrected chi connectivity index (χ4v) is 2.45. The minimum Gasteiger partial charge on any atom is -0.491 e. The molecule has 0 aliphatic rings. The van der Waals surface area contributed by atoms with Crippen LogP contribution in [0.25, 0.3) is 0 Å². The van der Waals surface area contributed by atoms with Crippen molar-refractivity contribution in [2.75, 3.05) is 7.11 Å². The van der Waals surface area contributed by atoms with Gasteiger partial charge in [-0.3, -0.25) is 0 Å². The first-order valence-electron chi connectivity index (χ1n) is 9.41. The average molecular weight is 402 g/mol. The van der Waals surface area contributed by atoms with Gasteiger partial charge in [0.2, 0.25) is 0 Å². The van der Waals surface area contributed by atoms with E-state index in [9.17, 15) is 9.59 Å². The fraction of sp³-hybridized carbons (Fsp3) is 0.391. The van der Waals surface area contributed by atoms with Gasteiger partial charge >= 0.3 is 11.9 Å². The molecule has 6 nitrogen and oxygen atoms in total. The zero-order valence-electron chi connectivity index (χ0n) is 18.1. The van der Waals surface area contributed by atoms with Crippen molar-refractivity contribution < 1.29 is 28.9 Å². The minimum absolute atomic E-state index is 0.101. The van der Waals surface area contributed by atoms with Gasteiger partial charge < -0.3 is 19.3 Å². The molecule has 0 spiro atoms. The maximum Gasteiger partial charge on any atom is 0.337 e. The summed E-state index contributed by atoms with van der Waals surface area (Å²) in [5.74, 6) is 0.307. The number of hydrogen-bond acceptors (Lipinski definition) is 5. The lowest BCUT2D eigenvalue weighted by molar-refractivity contribution is 0.0599. The van der Waals surface area contributed by atoms with Gasteiger partial charge in [0.05, 0.1) is 30.4 Å². The van der Waals surface area contributed by atoms with Gasteiger partial charge in [0.15, 0.2) is 0 Å². The Morgan fingerprint density at radius 2 is 1.21 bits per heavy atom. The van der Waals surface area contributed by atoms with E-state index in [2.05, 4.69) is 4.74 Å². The van der Waals surface area contributed by atoms with E-state index in [0.29, 0.717) is 11.1 Å². The normalized spacial score (nSPS) is 10.2. The quantitative estimate of drug-likeness (QED) is 0.681. The van der Waals surface area contributed by atoms with Crippen LogP contribution in [0.5, 0.6) is 11.5 Å². The number of benzene rings is 2. The molecule has 0 bridgehead atoms. The van der Waals surface area contributed by atoms with Crippen molar-refractivity contribution in [2.24, 2.45) is 0 Å². The molecule has 0 saturated heterocycles. The van der Waals surface area contributed by atoms with Gasteiger partial charge in [-0.05, 0) is 89.1 Å². The van der Waals surface area contributed by atoms with Crippen LogP contribution >= 0.6 is 0 Å². The van der Waals surface area contributed by atoms with Gasteiger partial charge in [0, 0.05) is 0 Å². The molecule has 0 fully saturated rings. The Morgan fingerprint density at radius 1 is 0.793 bits per heavy atom. The highest BCUT2D eigenvalue weighted by molar-refractivity contribution is 5.89. The molecule has 0 atom stereocenters. The van der Waals surface area contributed by atoms with E-state index in [1.807, 2.05) is 41.5 Å². The van der Waals surface area contributed by atoms with E-state index in [4.69, 9.17) is 14.6 Å². The Morgan fingerprint density at radius 3 is 1.55 bits per heavy atom. The number of carbonyl (C=O) groups is 2. The van der Waals surface area contributed by atoms with E-state index < -0.39 is 5.97 Å². The van der Waals surface area contributed by atoms with E-state index in [1.54, 1.807) is 36.4 Å². The highest BCUT2D eigenvalue weighted by Crippen LogP contribution is 2.21. The van der Waals surface area contributed by atoms with Gasteiger partial charge in [0.1, 0.15) is 11.5 Å². The average Bonchev–Trinajstić information content (AvgIpc) is 2.64. The van der Waals surface area contributed by atoms with E-state index in [0.717, 1.165) is 22.6 Å². The van der Waals surface area contributed by atoms with Crippen molar-refractivity contribution in [3.63, 3.8) is 0 Å². The second-order valence-corrected chi connectivity index (χ2v) is 7.09. The topological polar surface area (TPSA) is 82.1 Å². The number of hydrogen-bond donors (Lipinski definition) is 1. The van der Waals surface area contributed by atoms with Crippen LogP contribution in [0.2, 0.25) is 0 Å². The molecule has 0 amide bonds. The second kappa shape index (κ2) is 11.1. The lowest BCUT2D eigenvalue weighted by Gasteiger charge is -2.12. The Bertz CT molecular complexity index is 839. The minimum atomic E-state index is -0.913. The third-order valence-corrected chi connectivity index (χ3v) is 3.74. The molecule has 0 radical (unpaired) electrons. The van der Waals surface area contributed by atoms with E-state index >= 15 is 0 Å². The lowest BCUT2D eigenvalue weighted by Crippen LogP contribution is -2.08. The van der Waals surface area contributed by atoms with Crippen molar-refractivity contribution in [1.29, 1.82) is 0 Å². The summed E-state index contributed by atoms with van der Waals surface area (Å²) in [7, 11) is 1.37. The van der Waals surface area contributed by atoms with Crippen LogP contribution in [0.4, 0.5) is 0 Å². The highest BCUT2D eigenvalue weighted by atomic mass is 16.5. The Labute approximate surface area is 172 Å². The van der Waals surface area contributed by atoms with Crippen molar-refractivity contribution >= 4 is 11.9 Å². The molecule has 0 aliphatic heterocycles. The predicted molar refractivity (Wildman–Crippen MR) is 112 cm³/mol. The summed E-state index contributed by atoms with van der Waals surface area (Å²) >= 11 is 0. The Kier molecular flexibility index (Phi) is 9.19. The van der Waals surface area contributed by atoms with Crippen LogP contribution in [0.1, 0.15) is 59.5 Å². The first-order valence-corrected chi connectivity index (χ1v) is 9.41. The van der Waals surface area contributed by atoms with Crippen LogP contribution in [-0.4, -0.2) is 36.4 Å². The summed E-state index contributed by atoms with van der Waals surface area (Å²) in [4.78, 5) is 21.9. The summed E-state index contributed by atoms with van der Waals surface area (Å²) in [6.07, 6.45) is 0.233. The molecular formula is C23H30O6. The standard InChI is InChI=1S/C12H16O3.C11H14O3/c1-8(2)15-11-6-5-10(7-9(11)3)12(13)14-4;1-7(2)14-10-5-4-9(11(12)13)6-8(10)3/h5-8H,1-4H3;4-7H,1-3H3,(H,12,13). The van der Waals surface area contributed by atoms with Gasteiger partial charge in [-0.15, -0.1) is 0 Å². The smallest absolute Gasteiger partial charge is 0.337 e. The Balaban J connectivity index is 0.000000291. The van der Waals surface area contributed by atoms with Crippen molar-refractivity contribution in [3.8, 4) is 11.5 Å². The number of carbonyl (C=O) groups excluding carboxylic acids is 1. The number of carboxylic acid groups (broad SMARTS) is 1. The van der Waals surface area contributed by atoms with Crippen molar-refractivity contribution in [2.45, 2.75) is 53.8 Å². The maximum absolute atomic E-state index is 11.2. The maximum atomic E-state index is 11.2. The molecule has 0 aromatic heterocycles. The van der Waals surface area contributed by atoms with Gasteiger partial charge in [-0.1, -0.05) is 0 Å². The molecule has 158 valence electrons. The number of aryl methyl sites for hydroxylation is 2. The van der Waals surface area contributed by atoms with Crippen LogP contribution in [0.3, 0.4) is 0 Å². The molecule has 0 saturated carbocycles. The number of ether oxygens (including phenoxy) is 3. The predicted octanol–water partition coefficient (Wildman–Crippen LogP) is 5.05. The number of rotatable bonds is 6. The summed E-state index contributed by atoms with van der Waals surface area (Å²) in [5, 5.41) is 8.74. The zero-order valence-corrected chi connectivity index (χ0v) is 18.1. The van der Waals surface area contributed by atoms with Crippen molar-refractivity contribution in [1.82, 2.24) is 0 Å². The van der Waals surface area contributed by atoms with E-state index in [1.165, 1.54) is 7.11 Å². The van der Waals surface area contributed by atoms with Gasteiger partial charge in [0.25, 0.3) is 0 Å². The summed E-state index contributed by atoms with van der Waals surface area (Å²) in [5.41, 5.74) is 2.62. The van der Waals surface area contributed by atoms with Crippen LogP contribution in [0.15, 0.2) is 36.4 Å². The monoisotopic (exact) mass is 402 g/mol. The third-order valence-electron chi connectivity index (χ3n) is 3.74. The second-order valence-electron chi connectivity index (χ2n) is 7.09. The molecule has 29 heavy (non-hydrogen) atoms. The largest absolute Gasteiger partial charge is 0.491 e. The molecule has 6 heteroatoms. The zero-order chi connectivity index (χ0) is 22.1. The third kappa shape index (κ3) is 7.86. The van der Waals surface area contributed by atoms with Crippen LogP contribution in [0, 0.1) is 13.8 Å². The SMILES string of the molecule is COC(=O)c1ccc(OC(C)C)c(C)c1.Cc1cc(C(=O)O)ccc1OC(C)C. The molecule has 2 rings (SSSR count). The molecule has 2 aromatic rings. The Hall–Kier alpha value is -3.02. The molecule has 2 aromatic carbocycles. The highest BCUT2D eigenvalue weighted by Gasteiger charge is 2.09.